The molecule has 2 heterocycles. The molecule has 0 saturated heterocycles. The van der Waals surface area contributed by atoms with Gasteiger partial charge in [0, 0.05) is 33.8 Å². The number of rotatable bonds is 6. The maximum atomic E-state index is 13.2. The third-order valence-corrected chi connectivity index (χ3v) is 5.42. The van der Waals surface area contributed by atoms with Gasteiger partial charge in [0.25, 0.3) is 0 Å². The molecule has 0 radical (unpaired) electrons. The molecule has 3 aromatic carbocycles. The second-order valence-electron chi connectivity index (χ2n) is 7.48. The molecule has 1 N–H and O–H groups in total. The lowest BCUT2D eigenvalue weighted by Gasteiger charge is -2.18. The smallest absolute Gasteiger partial charge is 0.339 e. The van der Waals surface area contributed by atoms with E-state index in [-0.39, 0.29) is 22.7 Å². The van der Waals surface area contributed by atoms with Crippen molar-refractivity contribution in [2.24, 2.45) is 0 Å². The maximum Gasteiger partial charge on any atom is 0.339 e. The summed E-state index contributed by atoms with van der Waals surface area (Å²) in [5.74, 6) is -0.388. The minimum Gasteiger partial charge on any atom is -0.486 e. The third kappa shape index (κ3) is 3.96. The zero-order valence-corrected chi connectivity index (χ0v) is 17.5. The summed E-state index contributed by atoms with van der Waals surface area (Å²) in [4.78, 5) is 41.6. The molecule has 0 saturated carbocycles. The zero-order valence-electron chi connectivity index (χ0n) is 17.5. The summed E-state index contributed by atoms with van der Waals surface area (Å²) < 4.78 is 16.3. The Labute approximate surface area is 188 Å². The van der Waals surface area contributed by atoms with Crippen LogP contribution in [0.25, 0.3) is 10.9 Å². The van der Waals surface area contributed by atoms with E-state index in [1.165, 1.54) is 6.07 Å². The van der Waals surface area contributed by atoms with Crippen LogP contribution >= 0.6 is 0 Å². The fourth-order valence-electron chi connectivity index (χ4n) is 3.79. The number of carbonyl (C=O) groups excluding carboxylic acids is 3. The number of carbonyl (C=O) groups is 3. The molecule has 0 amide bonds. The van der Waals surface area contributed by atoms with Gasteiger partial charge >= 0.3 is 5.97 Å². The van der Waals surface area contributed by atoms with E-state index in [0.29, 0.717) is 35.8 Å². The number of ketones is 2. The van der Waals surface area contributed by atoms with Gasteiger partial charge in [-0.1, -0.05) is 36.4 Å². The first kappa shape index (κ1) is 20.5. The fourth-order valence-corrected chi connectivity index (χ4v) is 3.79. The van der Waals surface area contributed by atoms with E-state index in [2.05, 4.69) is 4.98 Å². The predicted molar refractivity (Wildman–Crippen MR) is 120 cm³/mol. The van der Waals surface area contributed by atoms with Crippen molar-refractivity contribution in [1.82, 2.24) is 4.98 Å². The molecule has 5 rings (SSSR count). The summed E-state index contributed by atoms with van der Waals surface area (Å²) in [6.07, 6.45) is 1.60. The van der Waals surface area contributed by atoms with Crippen LogP contribution < -0.4 is 9.47 Å². The zero-order chi connectivity index (χ0) is 22.8. The number of Topliss-reactive ketones (excluding diaryl/α,β-unsaturated/α-hetero) is 1. The number of H-pyrrole nitrogens is 1. The van der Waals surface area contributed by atoms with Gasteiger partial charge < -0.3 is 19.2 Å². The summed E-state index contributed by atoms with van der Waals surface area (Å²) >= 11 is 0. The van der Waals surface area contributed by atoms with E-state index in [4.69, 9.17) is 14.2 Å². The maximum absolute atomic E-state index is 13.2. The topological polar surface area (TPSA) is 94.7 Å². The van der Waals surface area contributed by atoms with Crippen molar-refractivity contribution < 1.29 is 28.6 Å². The van der Waals surface area contributed by atoms with Crippen LogP contribution in [0.2, 0.25) is 0 Å². The van der Waals surface area contributed by atoms with Crippen LogP contribution in [0.4, 0.5) is 0 Å². The summed E-state index contributed by atoms with van der Waals surface area (Å²) in [5.41, 5.74) is 1.89. The number of ether oxygens (including phenoxy) is 3. The summed E-state index contributed by atoms with van der Waals surface area (Å²) in [5, 5.41) is 0.757. The lowest BCUT2D eigenvalue weighted by atomic mass is 9.98. The highest BCUT2D eigenvalue weighted by molar-refractivity contribution is 6.15. The predicted octanol–water partition coefficient (Wildman–Crippen LogP) is 4.21. The highest BCUT2D eigenvalue weighted by Crippen LogP contribution is 2.31. The average Bonchev–Trinajstić information content (AvgIpc) is 3.30. The van der Waals surface area contributed by atoms with Gasteiger partial charge in [-0.15, -0.1) is 0 Å². The molecule has 0 bridgehead atoms. The summed E-state index contributed by atoms with van der Waals surface area (Å²) in [6, 6.07) is 18.6. The van der Waals surface area contributed by atoms with E-state index in [1.807, 2.05) is 24.3 Å². The number of aromatic amines is 1. The van der Waals surface area contributed by atoms with Gasteiger partial charge in [0.05, 0.1) is 5.56 Å². The van der Waals surface area contributed by atoms with Gasteiger partial charge in [-0.25, -0.2) is 4.79 Å². The van der Waals surface area contributed by atoms with E-state index >= 15 is 0 Å². The largest absolute Gasteiger partial charge is 0.486 e. The van der Waals surface area contributed by atoms with Gasteiger partial charge in [0.1, 0.15) is 13.2 Å². The van der Waals surface area contributed by atoms with E-state index in [0.717, 1.165) is 10.9 Å². The number of para-hydroxylation sites is 1. The Morgan fingerprint density at radius 3 is 2.39 bits per heavy atom. The van der Waals surface area contributed by atoms with Gasteiger partial charge in [0.15, 0.2) is 23.9 Å². The summed E-state index contributed by atoms with van der Waals surface area (Å²) in [6.45, 7) is 0.414. The number of nitrogens with one attached hydrogen (secondary N) is 1. The van der Waals surface area contributed by atoms with Crippen molar-refractivity contribution in [1.29, 1.82) is 0 Å². The van der Waals surface area contributed by atoms with Crippen LogP contribution in [0.5, 0.6) is 11.5 Å². The molecule has 4 aromatic rings. The van der Waals surface area contributed by atoms with Gasteiger partial charge in [-0.2, -0.15) is 0 Å². The van der Waals surface area contributed by atoms with Crippen LogP contribution in [-0.4, -0.2) is 42.3 Å². The Morgan fingerprint density at radius 2 is 1.55 bits per heavy atom. The Morgan fingerprint density at radius 1 is 0.818 bits per heavy atom. The van der Waals surface area contributed by atoms with Crippen molar-refractivity contribution >= 4 is 28.4 Å². The van der Waals surface area contributed by atoms with Crippen LogP contribution in [0.15, 0.2) is 72.9 Å². The molecule has 7 heteroatoms. The Balaban J connectivity index is 1.34. The van der Waals surface area contributed by atoms with Gasteiger partial charge in [0.2, 0.25) is 5.78 Å². The molecular weight excluding hydrogens is 422 g/mol. The molecule has 0 spiro atoms. The van der Waals surface area contributed by atoms with Crippen LogP contribution in [0.3, 0.4) is 0 Å². The monoisotopic (exact) mass is 441 g/mol. The van der Waals surface area contributed by atoms with Crippen LogP contribution in [0, 0.1) is 0 Å². The first-order chi connectivity index (χ1) is 16.1. The van der Waals surface area contributed by atoms with Crippen LogP contribution in [0.1, 0.15) is 36.6 Å². The lowest BCUT2D eigenvalue weighted by Crippen LogP contribution is -2.18. The number of aromatic nitrogens is 1. The molecule has 1 aliphatic heterocycles. The molecule has 164 valence electrons. The minimum absolute atomic E-state index is 0.0871. The minimum atomic E-state index is -0.746. The van der Waals surface area contributed by atoms with Crippen molar-refractivity contribution in [3.05, 3.63) is 95.2 Å². The molecule has 0 unspecified atom stereocenters. The quantitative estimate of drug-likeness (QED) is 0.356. The van der Waals surface area contributed by atoms with Crippen molar-refractivity contribution in [2.45, 2.75) is 0 Å². The molecule has 7 nitrogen and oxygen atoms in total. The van der Waals surface area contributed by atoms with E-state index < -0.39 is 12.6 Å². The second kappa shape index (κ2) is 8.63. The molecular formula is C26H19NO6. The van der Waals surface area contributed by atoms with Gasteiger partial charge in [-0.3, -0.25) is 9.59 Å². The molecule has 33 heavy (non-hydrogen) atoms. The molecule has 0 fully saturated rings. The number of benzene rings is 3. The van der Waals surface area contributed by atoms with Gasteiger partial charge in [-0.05, 0) is 30.3 Å². The van der Waals surface area contributed by atoms with Crippen molar-refractivity contribution in [2.75, 3.05) is 19.8 Å². The fraction of sp³-hybridized carbons (Fsp3) is 0.115. The highest BCUT2D eigenvalue weighted by atomic mass is 16.6. The SMILES string of the molecule is O=C(OCC(=O)c1c[nH]c2ccccc12)c1ccccc1C(=O)c1ccc2c(c1)OCCO2. The molecule has 0 aliphatic carbocycles. The third-order valence-electron chi connectivity index (χ3n) is 5.42. The normalized spacial score (nSPS) is 12.4. The first-order valence-electron chi connectivity index (χ1n) is 10.4. The number of fused-ring (bicyclic) bond motifs is 2. The van der Waals surface area contributed by atoms with Crippen molar-refractivity contribution in [3.8, 4) is 11.5 Å². The number of hydrogen-bond acceptors (Lipinski definition) is 6. The lowest BCUT2D eigenvalue weighted by molar-refractivity contribution is 0.0473. The summed E-state index contributed by atoms with van der Waals surface area (Å²) in [7, 11) is 0. The Kier molecular flexibility index (Phi) is 5.36. The molecule has 0 atom stereocenters. The molecule has 1 aromatic heterocycles. The van der Waals surface area contributed by atoms with E-state index in [9.17, 15) is 14.4 Å². The molecule has 1 aliphatic rings. The van der Waals surface area contributed by atoms with E-state index in [1.54, 1.807) is 42.6 Å². The average molecular weight is 441 g/mol. The van der Waals surface area contributed by atoms with Crippen molar-refractivity contribution in [3.63, 3.8) is 0 Å². The second-order valence-corrected chi connectivity index (χ2v) is 7.48. The number of hydrogen-bond donors (Lipinski definition) is 1. The van der Waals surface area contributed by atoms with Crippen LogP contribution in [-0.2, 0) is 4.74 Å². The number of esters is 1. The standard InChI is InChI=1S/C26H19NO6/c28-22(20-14-27-21-8-4-3-5-17(20)21)15-33-26(30)19-7-2-1-6-18(19)25(29)16-9-10-23-24(13-16)32-12-11-31-23/h1-10,13-14,27H,11-12,15H2. The first-order valence-corrected chi connectivity index (χ1v) is 10.4. The Hall–Kier alpha value is -4.39. The Bertz CT molecular complexity index is 1390. The highest BCUT2D eigenvalue weighted by Gasteiger charge is 2.22.